The minimum absolute atomic E-state index is 0.173. The first kappa shape index (κ1) is 14.6. The molecule has 7 heteroatoms. The van der Waals surface area contributed by atoms with Crippen molar-refractivity contribution >= 4 is 34.7 Å². The van der Waals surface area contributed by atoms with E-state index in [0.29, 0.717) is 16.5 Å². The van der Waals surface area contributed by atoms with Gasteiger partial charge < -0.3 is 5.32 Å². The zero-order valence-electron chi connectivity index (χ0n) is 11.4. The number of anilines is 1. The molecule has 5 nitrogen and oxygen atoms in total. The molecule has 0 unspecified atom stereocenters. The first-order valence-electron chi connectivity index (χ1n) is 6.48. The topological polar surface area (TPSA) is 67.8 Å². The smallest absolute Gasteiger partial charge is 0.231 e. The van der Waals surface area contributed by atoms with Crippen molar-refractivity contribution in [3.63, 3.8) is 0 Å². The van der Waals surface area contributed by atoms with Crippen LogP contribution in [0.15, 0.2) is 48.1 Å². The first-order valence-corrected chi connectivity index (χ1v) is 7.74. The summed E-state index contributed by atoms with van der Waals surface area (Å²) in [5, 5.41) is 5.89. The molecule has 3 aromatic rings. The third-order valence-electron chi connectivity index (χ3n) is 2.77. The number of nitrogens with zero attached hydrogens (tertiary/aromatic N) is 3. The molecule has 110 valence electrons. The molecular formula is C15H11ClN4OS. The highest BCUT2D eigenvalue weighted by molar-refractivity contribution is 7.13. The number of rotatable bonds is 4. The molecule has 3 aromatic heterocycles. The number of hydrogen-bond acceptors (Lipinski definition) is 5. The Morgan fingerprint density at radius 2 is 2.14 bits per heavy atom. The molecule has 0 radical (unpaired) electrons. The highest BCUT2D eigenvalue weighted by Crippen LogP contribution is 2.21. The van der Waals surface area contributed by atoms with Gasteiger partial charge in [0.1, 0.15) is 10.8 Å². The molecule has 3 rings (SSSR count). The largest absolute Gasteiger partial charge is 0.310 e. The Balaban J connectivity index is 1.65. The van der Waals surface area contributed by atoms with Gasteiger partial charge in [0, 0.05) is 17.8 Å². The molecule has 0 fully saturated rings. The number of halogens is 1. The van der Waals surface area contributed by atoms with E-state index in [4.69, 9.17) is 11.6 Å². The standard InChI is InChI=1S/C15H11ClN4OS/c16-10-4-5-13(18-8-10)20-14(21)7-11-9-22-15(19-11)12-3-1-2-6-17-12/h1-6,8-9H,7H2,(H,18,20,21). The lowest BCUT2D eigenvalue weighted by Gasteiger charge is -2.02. The first-order chi connectivity index (χ1) is 10.7. The summed E-state index contributed by atoms with van der Waals surface area (Å²) in [5.74, 6) is 0.294. The number of nitrogens with one attached hydrogen (secondary N) is 1. The van der Waals surface area contributed by atoms with Gasteiger partial charge in [-0.25, -0.2) is 9.97 Å². The monoisotopic (exact) mass is 330 g/mol. The number of pyridine rings is 2. The summed E-state index contributed by atoms with van der Waals surface area (Å²) < 4.78 is 0. The zero-order valence-corrected chi connectivity index (χ0v) is 12.9. The molecule has 0 aliphatic heterocycles. The van der Waals surface area contributed by atoms with Crippen LogP contribution in [0.4, 0.5) is 5.82 Å². The highest BCUT2D eigenvalue weighted by atomic mass is 35.5. The van der Waals surface area contributed by atoms with Crippen LogP contribution >= 0.6 is 22.9 Å². The van der Waals surface area contributed by atoms with Crippen LogP contribution in [-0.2, 0) is 11.2 Å². The molecule has 0 aliphatic rings. The van der Waals surface area contributed by atoms with E-state index >= 15 is 0 Å². The Morgan fingerprint density at radius 1 is 1.23 bits per heavy atom. The molecule has 1 amide bonds. The van der Waals surface area contributed by atoms with Crippen molar-refractivity contribution in [2.75, 3.05) is 5.32 Å². The molecular weight excluding hydrogens is 320 g/mol. The van der Waals surface area contributed by atoms with E-state index < -0.39 is 0 Å². The Labute approximate surface area is 136 Å². The van der Waals surface area contributed by atoms with Crippen LogP contribution in [0, 0.1) is 0 Å². The Morgan fingerprint density at radius 3 is 2.86 bits per heavy atom. The van der Waals surface area contributed by atoms with Gasteiger partial charge in [-0.3, -0.25) is 9.78 Å². The maximum Gasteiger partial charge on any atom is 0.231 e. The molecule has 0 spiro atoms. The van der Waals surface area contributed by atoms with E-state index in [2.05, 4.69) is 20.3 Å². The minimum atomic E-state index is -0.173. The molecule has 0 saturated heterocycles. The molecule has 1 N–H and O–H groups in total. The van der Waals surface area contributed by atoms with Gasteiger partial charge >= 0.3 is 0 Å². The third kappa shape index (κ3) is 3.66. The van der Waals surface area contributed by atoms with Gasteiger partial charge in [-0.15, -0.1) is 11.3 Å². The fourth-order valence-corrected chi connectivity index (χ4v) is 2.70. The van der Waals surface area contributed by atoms with Crippen molar-refractivity contribution in [1.29, 1.82) is 0 Å². The summed E-state index contributed by atoms with van der Waals surface area (Å²) in [4.78, 5) is 24.7. The van der Waals surface area contributed by atoms with Crippen LogP contribution in [0.3, 0.4) is 0 Å². The number of carbonyl (C=O) groups excluding carboxylic acids is 1. The second-order valence-electron chi connectivity index (χ2n) is 4.45. The maximum atomic E-state index is 12.0. The van der Waals surface area contributed by atoms with Gasteiger partial charge in [0.25, 0.3) is 0 Å². The Hall–Kier alpha value is -2.31. The fourth-order valence-electron chi connectivity index (χ4n) is 1.80. The SMILES string of the molecule is O=C(Cc1csc(-c2ccccn2)n1)Nc1ccc(Cl)cn1. The average molecular weight is 331 g/mol. The highest BCUT2D eigenvalue weighted by Gasteiger charge is 2.10. The van der Waals surface area contributed by atoms with Crippen molar-refractivity contribution in [2.24, 2.45) is 0 Å². The second-order valence-corrected chi connectivity index (χ2v) is 5.74. The lowest BCUT2D eigenvalue weighted by atomic mass is 10.3. The average Bonchev–Trinajstić information content (AvgIpc) is 2.99. The van der Waals surface area contributed by atoms with E-state index in [-0.39, 0.29) is 12.3 Å². The second kappa shape index (κ2) is 6.64. The molecule has 0 atom stereocenters. The van der Waals surface area contributed by atoms with Crippen molar-refractivity contribution in [3.8, 4) is 10.7 Å². The van der Waals surface area contributed by atoms with Crippen molar-refractivity contribution < 1.29 is 4.79 Å². The predicted molar refractivity (Wildman–Crippen MR) is 86.9 cm³/mol. The normalized spacial score (nSPS) is 10.4. The predicted octanol–water partition coefficient (Wildman–Crippen LogP) is 3.43. The molecule has 22 heavy (non-hydrogen) atoms. The van der Waals surface area contributed by atoms with Crippen LogP contribution in [0.25, 0.3) is 10.7 Å². The van der Waals surface area contributed by atoms with Gasteiger partial charge in [-0.1, -0.05) is 17.7 Å². The Bertz CT molecular complexity index is 774. The fraction of sp³-hybridized carbons (Fsp3) is 0.0667. The van der Waals surface area contributed by atoms with Gasteiger partial charge in [0.05, 0.1) is 22.8 Å². The molecule has 0 aliphatic carbocycles. The molecule has 0 bridgehead atoms. The summed E-state index contributed by atoms with van der Waals surface area (Å²) in [6.07, 6.45) is 3.39. The van der Waals surface area contributed by atoms with Crippen LogP contribution in [0.5, 0.6) is 0 Å². The Kier molecular flexibility index (Phi) is 4.41. The van der Waals surface area contributed by atoms with Crippen LogP contribution < -0.4 is 5.32 Å². The zero-order chi connectivity index (χ0) is 15.4. The summed E-state index contributed by atoms with van der Waals surface area (Å²) in [7, 11) is 0. The number of thiazole rings is 1. The van der Waals surface area contributed by atoms with E-state index in [0.717, 1.165) is 10.7 Å². The number of amides is 1. The van der Waals surface area contributed by atoms with E-state index in [1.807, 2.05) is 23.6 Å². The number of hydrogen-bond donors (Lipinski definition) is 1. The lowest BCUT2D eigenvalue weighted by Crippen LogP contribution is -2.15. The molecule has 0 aromatic carbocycles. The summed E-state index contributed by atoms with van der Waals surface area (Å²) in [5.41, 5.74) is 1.51. The summed E-state index contributed by atoms with van der Waals surface area (Å²) in [6.45, 7) is 0. The summed E-state index contributed by atoms with van der Waals surface area (Å²) in [6, 6.07) is 8.97. The van der Waals surface area contributed by atoms with Gasteiger partial charge in [-0.05, 0) is 24.3 Å². The minimum Gasteiger partial charge on any atom is -0.310 e. The van der Waals surface area contributed by atoms with Crippen LogP contribution in [0.2, 0.25) is 5.02 Å². The molecule has 3 heterocycles. The van der Waals surface area contributed by atoms with Crippen molar-refractivity contribution in [3.05, 3.63) is 58.8 Å². The molecule has 0 saturated carbocycles. The lowest BCUT2D eigenvalue weighted by molar-refractivity contribution is -0.115. The third-order valence-corrected chi connectivity index (χ3v) is 3.91. The van der Waals surface area contributed by atoms with Crippen LogP contribution in [-0.4, -0.2) is 20.9 Å². The van der Waals surface area contributed by atoms with Gasteiger partial charge in [-0.2, -0.15) is 0 Å². The van der Waals surface area contributed by atoms with Crippen LogP contribution in [0.1, 0.15) is 5.69 Å². The quantitative estimate of drug-likeness (QED) is 0.795. The van der Waals surface area contributed by atoms with Crippen molar-refractivity contribution in [2.45, 2.75) is 6.42 Å². The number of aromatic nitrogens is 3. The summed E-state index contributed by atoms with van der Waals surface area (Å²) >= 11 is 7.22. The number of carbonyl (C=O) groups is 1. The van der Waals surface area contributed by atoms with Gasteiger partial charge in [0.15, 0.2) is 0 Å². The van der Waals surface area contributed by atoms with Gasteiger partial charge in [0.2, 0.25) is 5.91 Å². The van der Waals surface area contributed by atoms with E-state index in [9.17, 15) is 4.79 Å². The van der Waals surface area contributed by atoms with Crippen molar-refractivity contribution in [1.82, 2.24) is 15.0 Å². The van der Waals surface area contributed by atoms with E-state index in [1.165, 1.54) is 17.5 Å². The van der Waals surface area contributed by atoms with E-state index in [1.54, 1.807) is 18.3 Å². The maximum absolute atomic E-state index is 12.0.